The molecule has 5 nitrogen and oxygen atoms in total. The van der Waals surface area contributed by atoms with E-state index in [1.807, 2.05) is 20.0 Å². The van der Waals surface area contributed by atoms with Crippen LogP contribution in [0.5, 0.6) is 0 Å². The highest BCUT2D eigenvalue weighted by Gasteiger charge is 2.10. The van der Waals surface area contributed by atoms with Crippen molar-refractivity contribution in [1.82, 2.24) is 20.1 Å². The first kappa shape index (κ1) is 11.8. The van der Waals surface area contributed by atoms with Gasteiger partial charge < -0.3 is 5.32 Å². The van der Waals surface area contributed by atoms with Gasteiger partial charge in [0, 0.05) is 13.2 Å². The number of nitrogens with one attached hydrogen (secondary N) is 1. The van der Waals surface area contributed by atoms with Gasteiger partial charge in [-0.05, 0) is 12.5 Å². The highest BCUT2D eigenvalue weighted by Crippen LogP contribution is 2.13. The van der Waals surface area contributed by atoms with Gasteiger partial charge in [0.25, 0.3) is 5.91 Å². The molecular weight excluding hydrogens is 236 g/mol. The van der Waals surface area contributed by atoms with Gasteiger partial charge in [-0.15, -0.1) is 11.3 Å². The lowest BCUT2D eigenvalue weighted by molar-refractivity contribution is 0.0954. The summed E-state index contributed by atoms with van der Waals surface area (Å²) in [6.07, 6.45) is 4.20. The van der Waals surface area contributed by atoms with Gasteiger partial charge in [-0.25, -0.2) is 4.98 Å². The smallest absolute Gasteiger partial charge is 0.263 e. The molecule has 0 spiro atoms. The van der Waals surface area contributed by atoms with Gasteiger partial charge in [0.15, 0.2) is 0 Å². The lowest BCUT2D eigenvalue weighted by atomic mass is 10.4. The average Bonchev–Trinajstić information content (AvgIpc) is 2.94. The number of carbonyl (C=O) groups excluding carboxylic acids is 1. The highest BCUT2D eigenvalue weighted by molar-refractivity contribution is 7.13. The number of hydrogen-bond acceptors (Lipinski definition) is 4. The molecule has 0 aliphatic rings. The quantitative estimate of drug-likeness (QED) is 0.891. The summed E-state index contributed by atoms with van der Waals surface area (Å²) in [4.78, 5) is 16.6. The second-order valence-corrected chi connectivity index (χ2v) is 4.72. The summed E-state index contributed by atoms with van der Waals surface area (Å²) in [6, 6.07) is 1.88. The Labute approximate surface area is 103 Å². The van der Waals surface area contributed by atoms with Gasteiger partial charge in [-0.3, -0.25) is 9.48 Å². The molecular formula is C11H14N4OS. The summed E-state index contributed by atoms with van der Waals surface area (Å²) < 4.78 is 1.74. The Morgan fingerprint density at radius 3 is 3.00 bits per heavy atom. The van der Waals surface area contributed by atoms with E-state index in [4.69, 9.17) is 0 Å². The molecule has 2 heterocycles. The van der Waals surface area contributed by atoms with Crippen molar-refractivity contribution in [2.75, 3.05) is 0 Å². The van der Waals surface area contributed by atoms with Crippen molar-refractivity contribution in [2.24, 2.45) is 7.05 Å². The summed E-state index contributed by atoms with van der Waals surface area (Å²) in [5.74, 6) is -0.0802. The van der Waals surface area contributed by atoms with Crippen molar-refractivity contribution in [3.05, 3.63) is 34.0 Å². The topological polar surface area (TPSA) is 59.8 Å². The van der Waals surface area contributed by atoms with Crippen LogP contribution in [0.2, 0.25) is 0 Å². The molecule has 2 aromatic heterocycles. The van der Waals surface area contributed by atoms with Crippen LogP contribution in [0.3, 0.4) is 0 Å². The maximum Gasteiger partial charge on any atom is 0.263 e. The molecule has 1 amide bonds. The van der Waals surface area contributed by atoms with Crippen LogP contribution in [0.25, 0.3) is 0 Å². The minimum atomic E-state index is -0.0802. The number of nitrogens with zero attached hydrogens (tertiary/aromatic N) is 3. The van der Waals surface area contributed by atoms with Crippen LogP contribution < -0.4 is 5.32 Å². The molecule has 0 atom stereocenters. The fourth-order valence-corrected chi connectivity index (χ4v) is 2.19. The third-order valence-electron chi connectivity index (χ3n) is 2.43. The van der Waals surface area contributed by atoms with Crippen LogP contribution >= 0.6 is 11.3 Å². The van der Waals surface area contributed by atoms with E-state index in [1.165, 1.54) is 11.3 Å². The van der Waals surface area contributed by atoms with Crippen LogP contribution in [0.4, 0.5) is 0 Å². The number of hydrogen-bond donors (Lipinski definition) is 1. The number of aryl methyl sites for hydroxylation is 2. The number of amides is 1. The Morgan fingerprint density at radius 1 is 1.59 bits per heavy atom. The molecule has 2 aromatic rings. The van der Waals surface area contributed by atoms with E-state index in [0.29, 0.717) is 11.4 Å². The van der Waals surface area contributed by atoms with Crippen LogP contribution in [-0.4, -0.2) is 20.7 Å². The monoisotopic (exact) mass is 250 g/mol. The predicted octanol–water partition coefficient (Wildman–Crippen LogP) is 1.37. The first-order chi connectivity index (χ1) is 8.20. The third kappa shape index (κ3) is 2.71. The van der Waals surface area contributed by atoms with Gasteiger partial charge in [0.1, 0.15) is 4.88 Å². The average molecular weight is 250 g/mol. The number of aromatic nitrogens is 3. The van der Waals surface area contributed by atoms with Gasteiger partial charge in [0.05, 0.1) is 23.4 Å². The van der Waals surface area contributed by atoms with E-state index >= 15 is 0 Å². The molecule has 0 aromatic carbocycles. The Hall–Kier alpha value is -1.69. The van der Waals surface area contributed by atoms with Crippen molar-refractivity contribution in [3.63, 3.8) is 0 Å². The van der Waals surface area contributed by atoms with Gasteiger partial charge in [0.2, 0.25) is 0 Å². The summed E-state index contributed by atoms with van der Waals surface area (Å²) in [6.45, 7) is 2.50. The van der Waals surface area contributed by atoms with Crippen LogP contribution in [0.15, 0.2) is 18.5 Å². The lowest BCUT2D eigenvalue weighted by Crippen LogP contribution is -2.23. The van der Waals surface area contributed by atoms with Gasteiger partial charge in [-0.1, -0.05) is 6.92 Å². The van der Waals surface area contributed by atoms with Crippen LogP contribution in [0, 0.1) is 0 Å². The maximum atomic E-state index is 11.8. The zero-order chi connectivity index (χ0) is 12.3. The maximum absolute atomic E-state index is 11.8. The molecule has 0 radical (unpaired) electrons. The molecule has 0 bridgehead atoms. The van der Waals surface area contributed by atoms with E-state index in [2.05, 4.69) is 15.4 Å². The second-order valence-electron chi connectivity index (χ2n) is 3.60. The molecule has 0 aliphatic carbocycles. The number of thiazole rings is 1. The summed E-state index contributed by atoms with van der Waals surface area (Å²) in [7, 11) is 1.85. The molecule has 0 fully saturated rings. The van der Waals surface area contributed by atoms with E-state index < -0.39 is 0 Å². The molecule has 6 heteroatoms. The molecule has 0 unspecified atom stereocenters. The fourth-order valence-electron chi connectivity index (χ4n) is 1.41. The first-order valence-corrected chi connectivity index (χ1v) is 6.22. The minimum Gasteiger partial charge on any atom is -0.346 e. The summed E-state index contributed by atoms with van der Waals surface area (Å²) in [5.41, 5.74) is 0.971. The third-order valence-corrected chi connectivity index (χ3v) is 3.57. The van der Waals surface area contributed by atoms with Crippen molar-refractivity contribution in [1.29, 1.82) is 0 Å². The Bertz CT molecular complexity index is 517. The normalized spacial score (nSPS) is 10.5. The van der Waals surface area contributed by atoms with Crippen LogP contribution in [0.1, 0.15) is 27.3 Å². The summed E-state index contributed by atoms with van der Waals surface area (Å²) in [5, 5.41) is 7.87. The van der Waals surface area contributed by atoms with Crippen molar-refractivity contribution in [3.8, 4) is 0 Å². The SMILES string of the molecule is CCc1ncc(C(=O)NCc2ccnn2C)s1. The Kier molecular flexibility index (Phi) is 3.53. The largest absolute Gasteiger partial charge is 0.346 e. The highest BCUT2D eigenvalue weighted by atomic mass is 32.1. The van der Waals surface area contributed by atoms with Crippen molar-refractivity contribution < 1.29 is 4.79 Å². The van der Waals surface area contributed by atoms with E-state index in [0.717, 1.165) is 17.1 Å². The molecule has 2 rings (SSSR count). The molecule has 1 N–H and O–H groups in total. The molecule has 0 aliphatic heterocycles. The van der Waals surface area contributed by atoms with E-state index in [-0.39, 0.29) is 5.91 Å². The minimum absolute atomic E-state index is 0.0802. The zero-order valence-corrected chi connectivity index (χ0v) is 10.6. The first-order valence-electron chi connectivity index (χ1n) is 5.40. The molecule has 0 saturated carbocycles. The zero-order valence-electron chi connectivity index (χ0n) is 9.80. The fraction of sp³-hybridized carbons (Fsp3) is 0.364. The Balaban J connectivity index is 1.95. The number of carbonyl (C=O) groups is 1. The molecule has 17 heavy (non-hydrogen) atoms. The van der Waals surface area contributed by atoms with E-state index in [1.54, 1.807) is 17.1 Å². The predicted molar refractivity (Wildman–Crippen MR) is 65.9 cm³/mol. The van der Waals surface area contributed by atoms with Crippen molar-refractivity contribution >= 4 is 17.2 Å². The van der Waals surface area contributed by atoms with E-state index in [9.17, 15) is 4.79 Å². The van der Waals surface area contributed by atoms with Gasteiger partial charge >= 0.3 is 0 Å². The molecule has 90 valence electrons. The summed E-state index contributed by atoms with van der Waals surface area (Å²) >= 11 is 1.44. The lowest BCUT2D eigenvalue weighted by Gasteiger charge is -2.03. The molecule has 0 saturated heterocycles. The van der Waals surface area contributed by atoms with Gasteiger partial charge in [-0.2, -0.15) is 5.10 Å². The van der Waals surface area contributed by atoms with Crippen LogP contribution in [-0.2, 0) is 20.0 Å². The second kappa shape index (κ2) is 5.09. The number of rotatable bonds is 4. The Morgan fingerprint density at radius 2 is 2.41 bits per heavy atom. The van der Waals surface area contributed by atoms with Crippen molar-refractivity contribution in [2.45, 2.75) is 19.9 Å². The standard InChI is InChI=1S/C11H14N4OS/c1-3-10-12-7-9(17-10)11(16)13-6-8-4-5-14-15(8)2/h4-5,7H,3,6H2,1-2H3,(H,13,16).